The van der Waals surface area contributed by atoms with Gasteiger partial charge in [0.05, 0.1) is 22.6 Å². The van der Waals surface area contributed by atoms with Crippen LogP contribution >= 0.6 is 15.9 Å². The Labute approximate surface area is 112 Å². The molecular formula is C11H13BrN2O4. The lowest BCUT2D eigenvalue weighted by atomic mass is 10.1. The summed E-state index contributed by atoms with van der Waals surface area (Å²) in [5, 5.41) is 22.2. The first-order chi connectivity index (χ1) is 8.26. The maximum Gasteiger partial charge on any atom is 0.270 e. The zero-order valence-electron chi connectivity index (χ0n) is 9.94. The minimum absolute atomic E-state index is 0.0974. The summed E-state index contributed by atoms with van der Waals surface area (Å²) >= 11 is 3.12. The molecular weight excluding hydrogens is 304 g/mol. The van der Waals surface area contributed by atoms with Gasteiger partial charge in [-0.15, -0.1) is 0 Å². The number of hydrogen-bond donors (Lipinski definition) is 2. The first-order valence-corrected chi connectivity index (χ1v) is 5.93. The Hall–Kier alpha value is -1.47. The topological polar surface area (TPSA) is 92.5 Å². The van der Waals surface area contributed by atoms with Crippen LogP contribution in [0.25, 0.3) is 0 Å². The van der Waals surface area contributed by atoms with Crippen molar-refractivity contribution in [1.29, 1.82) is 0 Å². The molecule has 0 fully saturated rings. The lowest BCUT2D eigenvalue weighted by Crippen LogP contribution is -2.46. The van der Waals surface area contributed by atoms with E-state index in [2.05, 4.69) is 21.2 Å². The van der Waals surface area contributed by atoms with E-state index in [0.717, 1.165) is 0 Å². The summed E-state index contributed by atoms with van der Waals surface area (Å²) in [6, 6.07) is 3.89. The molecule has 0 unspecified atom stereocenters. The van der Waals surface area contributed by atoms with Crippen molar-refractivity contribution in [2.75, 3.05) is 6.61 Å². The number of aliphatic hydroxyl groups is 1. The molecule has 0 radical (unpaired) electrons. The first kappa shape index (κ1) is 14.6. The number of nitro groups is 1. The van der Waals surface area contributed by atoms with Crippen molar-refractivity contribution in [3.63, 3.8) is 0 Å². The van der Waals surface area contributed by atoms with E-state index in [1.54, 1.807) is 13.8 Å². The van der Waals surface area contributed by atoms with E-state index in [9.17, 15) is 14.9 Å². The van der Waals surface area contributed by atoms with Crippen LogP contribution in [0.1, 0.15) is 24.2 Å². The van der Waals surface area contributed by atoms with E-state index in [4.69, 9.17) is 5.11 Å². The van der Waals surface area contributed by atoms with Crippen LogP contribution in [0.2, 0.25) is 0 Å². The molecule has 1 rings (SSSR count). The Morgan fingerprint density at radius 3 is 2.61 bits per heavy atom. The fourth-order valence-corrected chi connectivity index (χ4v) is 1.76. The Kier molecular flexibility index (Phi) is 4.42. The number of nitro benzene ring substituents is 1. The third-order valence-electron chi connectivity index (χ3n) is 2.26. The van der Waals surface area contributed by atoms with Gasteiger partial charge in [0.2, 0.25) is 0 Å². The standard InChI is InChI=1S/C11H13BrN2O4/c1-11(2,6-15)13-10(16)8-4-3-7(14(17)18)5-9(8)12/h3-5,15H,6H2,1-2H3,(H,13,16). The largest absolute Gasteiger partial charge is 0.394 e. The minimum Gasteiger partial charge on any atom is -0.394 e. The average Bonchev–Trinajstić information content (AvgIpc) is 2.28. The van der Waals surface area contributed by atoms with Gasteiger partial charge in [-0.3, -0.25) is 14.9 Å². The predicted octanol–water partition coefficient (Wildman–Crippen LogP) is 1.86. The molecule has 0 saturated heterocycles. The zero-order chi connectivity index (χ0) is 13.9. The van der Waals surface area contributed by atoms with Crippen LogP contribution in [-0.4, -0.2) is 28.1 Å². The molecule has 1 amide bonds. The van der Waals surface area contributed by atoms with Crippen molar-refractivity contribution in [3.8, 4) is 0 Å². The normalized spacial score (nSPS) is 11.1. The SMILES string of the molecule is CC(C)(CO)NC(=O)c1ccc([N+](=O)[O-])cc1Br. The summed E-state index contributed by atoms with van der Waals surface area (Å²) in [5.74, 6) is -0.407. The molecule has 0 saturated carbocycles. The maximum absolute atomic E-state index is 11.9. The van der Waals surface area contributed by atoms with Gasteiger partial charge in [-0.1, -0.05) is 0 Å². The number of amides is 1. The molecule has 0 aromatic heterocycles. The molecule has 0 aliphatic carbocycles. The maximum atomic E-state index is 11.9. The Bertz CT molecular complexity index is 488. The smallest absolute Gasteiger partial charge is 0.270 e. The van der Waals surface area contributed by atoms with Crippen LogP contribution < -0.4 is 5.32 Å². The lowest BCUT2D eigenvalue weighted by molar-refractivity contribution is -0.384. The van der Waals surface area contributed by atoms with Gasteiger partial charge in [-0.25, -0.2) is 0 Å². The molecule has 1 aromatic rings. The molecule has 6 nitrogen and oxygen atoms in total. The van der Waals surface area contributed by atoms with E-state index >= 15 is 0 Å². The number of rotatable bonds is 4. The van der Waals surface area contributed by atoms with Crippen LogP contribution in [0.15, 0.2) is 22.7 Å². The molecule has 7 heteroatoms. The number of hydrogen-bond acceptors (Lipinski definition) is 4. The summed E-state index contributed by atoms with van der Waals surface area (Å²) < 4.78 is 0.336. The number of non-ortho nitro benzene ring substituents is 1. The summed E-state index contributed by atoms with van der Waals surface area (Å²) in [7, 11) is 0. The second kappa shape index (κ2) is 5.45. The third-order valence-corrected chi connectivity index (χ3v) is 2.91. The van der Waals surface area contributed by atoms with E-state index in [1.807, 2.05) is 0 Å². The van der Waals surface area contributed by atoms with Crippen LogP contribution in [0, 0.1) is 10.1 Å². The van der Waals surface area contributed by atoms with Gasteiger partial charge < -0.3 is 10.4 Å². The Morgan fingerprint density at radius 2 is 2.17 bits per heavy atom. The number of aliphatic hydroxyl groups excluding tert-OH is 1. The number of halogens is 1. The number of carbonyl (C=O) groups excluding carboxylic acids is 1. The molecule has 18 heavy (non-hydrogen) atoms. The molecule has 0 bridgehead atoms. The van der Waals surface area contributed by atoms with Crippen molar-refractivity contribution >= 4 is 27.5 Å². The quantitative estimate of drug-likeness (QED) is 0.655. The van der Waals surface area contributed by atoms with Crippen LogP contribution in [0.5, 0.6) is 0 Å². The van der Waals surface area contributed by atoms with Gasteiger partial charge in [-0.2, -0.15) is 0 Å². The summed E-state index contributed by atoms with van der Waals surface area (Å²) in [5.41, 5.74) is -0.569. The highest BCUT2D eigenvalue weighted by Crippen LogP contribution is 2.23. The third kappa shape index (κ3) is 3.51. The zero-order valence-corrected chi connectivity index (χ0v) is 11.5. The van der Waals surface area contributed by atoms with Gasteiger partial charge in [0, 0.05) is 16.6 Å². The highest BCUT2D eigenvalue weighted by Gasteiger charge is 2.22. The molecule has 0 heterocycles. The lowest BCUT2D eigenvalue weighted by Gasteiger charge is -2.23. The number of carbonyl (C=O) groups is 1. The Morgan fingerprint density at radius 1 is 1.56 bits per heavy atom. The van der Waals surface area contributed by atoms with E-state index in [1.165, 1.54) is 18.2 Å². The summed E-state index contributed by atoms with van der Waals surface area (Å²) in [4.78, 5) is 21.9. The summed E-state index contributed by atoms with van der Waals surface area (Å²) in [6.45, 7) is 3.14. The highest BCUT2D eigenvalue weighted by molar-refractivity contribution is 9.10. The van der Waals surface area contributed by atoms with Gasteiger partial charge >= 0.3 is 0 Å². The number of nitrogens with zero attached hydrogens (tertiary/aromatic N) is 1. The molecule has 98 valence electrons. The molecule has 0 aliphatic heterocycles. The Balaban J connectivity index is 2.97. The number of nitrogens with one attached hydrogen (secondary N) is 1. The van der Waals surface area contributed by atoms with Crippen LogP contribution in [0.4, 0.5) is 5.69 Å². The number of benzene rings is 1. The van der Waals surface area contributed by atoms with Crippen molar-refractivity contribution in [3.05, 3.63) is 38.3 Å². The van der Waals surface area contributed by atoms with E-state index in [-0.39, 0.29) is 17.9 Å². The van der Waals surface area contributed by atoms with E-state index < -0.39 is 16.4 Å². The van der Waals surface area contributed by atoms with Gasteiger partial charge in [0.15, 0.2) is 0 Å². The summed E-state index contributed by atoms with van der Waals surface area (Å²) in [6.07, 6.45) is 0. The molecule has 1 aromatic carbocycles. The first-order valence-electron chi connectivity index (χ1n) is 5.14. The van der Waals surface area contributed by atoms with Crippen molar-refractivity contribution < 1.29 is 14.8 Å². The average molecular weight is 317 g/mol. The highest BCUT2D eigenvalue weighted by atomic mass is 79.9. The van der Waals surface area contributed by atoms with Gasteiger partial charge in [0.1, 0.15) is 0 Å². The monoisotopic (exact) mass is 316 g/mol. The fraction of sp³-hybridized carbons (Fsp3) is 0.364. The van der Waals surface area contributed by atoms with Crippen molar-refractivity contribution in [2.45, 2.75) is 19.4 Å². The second-order valence-electron chi connectivity index (χ2n) is 4.42. The van der Waals surface area contributed by atoms with Gasteiger partial charge in [0.25, 0.3) is 11.6 Å². The second-order valence-corrected chi connectivity index (χ2v) is 5.27. The van der Waals surface area contributed by atoms with Gasteiger partial charge in [-0.05, 0) is 35.8 Å². The fourth-order valence-electron chi connectivity index (χ4n) is 1.22. The molecule has 0 aliphatic rings. The minimum atomic E-state index is -0.752. The molecule has 2 N–H and O–H groups in total. The van der Waals surface area contributed by atoms with Crippen molar-refractivity contribution in [1.82, 2.24) is 5.32 Å². The van der Waals surface area contributed by atoms with E-state index in [0.29, 0.717) is 4.47 Å². The van der Waals surface area contributed by atoms with Crippen LogP contribution in [0.3, 0.4) is 0 Å². The predicted molar refractivity (Wildman–Crippen MR) is 69.4 cm³/mol. The molecule has 0 atom stereocenters. The van der Waals surface area contributed by atoms with Crippen LogP contribution in [-0.2, 0) is 0 Å². The van der Waals surface area contributed by atoms with Crippen molar-refractivity contribution in [2.24, 2.45) is 0 Å². The molecule has 0 spiro atoms.